The summed E-state index contributed by atoms with van der Waals surface area (Å²) in [6.07, 6.45) is 2.43. The number of hydrogen-bond acceptors (Lipinski definition) is 4. The summed E-state index contributed by atoms with van der Waals surface area (Å²) in [5.41, 5.74) is 4.43. The first kappa shape index (κ1) is 20.5. The molecule has 1 fully saturated rings. The minimum Gasteiger partial charge on any atom is -0.350 e. The summed E-state index contributed by atoms with van der Waals surface area (Å²) in [4.78, 5) is 20.6. The lowest BCUT2D eigenvalue weighted by Crippen LogP contribution is -2.37. The number of hydrogen-bond donors (Lipinski definition) is 1. The lowest BCUT2D eigenvalue weighted by atomic mass is 10.0. The van der Waals surface area contributed by atoms with Gasteiger partial charge in [0.15, 0.2) is 5.65 Å². The van der Waals surface area contributed by atoms with Gasteiger partial charge in [-0.25, -0.2) is 4.98 Å². The van der Waals surface area contributed by atoms with Crippen molar-refractivity contribution >= 4 is 16.9 Å². The Bertz CT molecular complexity index is 1030. The summed E-state index contributed by atoms with van der Waals surface area (Å²) in [6.45, 7) is 8.87. The van der Waals surface area contributed by atoms with Gasteiger partial charge in [0.1, 0.15) is 0 Å². The van der Waals surface area contributed by atoms with Crippen molar-refractivity contribution in [2.75, 3.05) is 19.6 Å². The molecular formula is C24H31N5O. The molecule has 1 amide bonds. The lowest BCUT2D eigenvalue weighted by Gasteiger charge is -2.28. The van der Waals surface area contributed by atoms with Crippen LogP contribution in [0, 0.1) is 6.92 Å². The van der Waals surface area contributed by atoms with Crippen LogP contribution in [0.3, 0.4) is 0 Å². The number of likely N-dealkylation sites (tertiary alicyclic amines) is 1. The average molecular weight is 406 g/mol. The van der Waals surface area contributed by atoms with Crippen LogP contribution in [0.4, 0.5) is 0 Å². The fraction of sp³-hybridized carbons (Fsp3) is 0.458. The molecule has 0 saturated carbocycles. The van der Waals surface area contributed by atoms with Crippen LogP contribution in [0.15, 0.2) is 36.4 Å². The molecule has 2 aromatic heterocycles. The van der Waals surface area contributed by atoms with Crippen LogP contribution in [0.5, 0.6) is 0 Å². The number of aromatic nitrogens is 3. The van der Waals surface area contributed by atoms with E-state index in [9.17, 15) is 4.79 Å². The zero-order valence-corrected chi connectivity index (χ0v) is 18.4. The van der Waals surface area contributed by atoms with E-state index in [-0.39, 0.29) is 17.9 Å². The van der Waals surface area contributed by atoms with E-state index in [0.717, 1.165) is 35.5 Å². The van der Waals surface area contributed by atoms with Gasteiger partial charge in [0.05, 0.1) is 22.7 Å². The summed E-state index contributed by atoms with van der Waals surface area (Å²) in [5, 5.41) is 8.57. The van der Waals surface area contributed by atoms with Gasteiger partial charge in [-0.3, -0.25) is 14.4 Å². The van der Waals surface area contributed by atoms with Crippen LogP contribution in [0.2, 0.25) is 0 Å². The number of nitrogens with one attached hydrogen (secondary N) is 1. The molecule has 0 bridgehead atoms. The van der Waals surface area contributed by atoms with Gasteiger partial charge in [-0.05, 0) is 50.4 Å². The van der Waals surface area contributed by atoms with Crippen LogP contribution in [0.25, 0.3) is 11.0 Å². The maximum atomic E-state index is 13.4. The lowest BCUT2D eigenvalue weighted by molar-refractivity contribution is 0.0939. The Balaban J connectivity index is 1.63. The van der Waals surface area contributed by atoms with Crippen LogP contribution >= 0.6 is 0 Å². The third kappa shape index (κ3) is 3.97. The van der Waals surface area contributed by atoms with E-state index in [4.69, 9.17) is 4.98 Å². The van der Waals surface area contributed by atoms with Gasteiger partial charge in [0, 0.05) is 19.3 Å². The van der Waals surface area contributed by atoms with Crippen LogP contribution in [0.1, 0.15) is 66.0 Å². The number of benzene rings is 1. The molecule has 1 N–H and O–H groups in total. The zero-order valence-electron chi connectivity index (χ0n) is 18.4. The number of rotatable bonds is 6. The minimum absolute atomic E-state index is 0.0551. The van der Waals surface area contributed by atoms with Gasteiger partial charge in [0.2, 0.25) is 0 Å². The molecule has 158 valence electrons. The molecule has 3 heterocycles. The van der Waals surface area contributed by atoms with E-state index in [1.54, 1.807) is 4.68 Å². The normalized spacial score (nSPS) is 15.8. The molecule has 1 aliphatic rings. The number of pyridine rings is 1. The predicted molar refractivity (Wildman–Crippen MR) is 120 cm³/mol. The highest BCUT2D eigenvalue weighted by atomic mass is 16.1. The monoisotopic (exact) mass is 405 g/mol. The Morgan fingerprint density at radius 3 is 2.53 bits per heavy atom. The second-order valence-corrected chi connectivity index (χ2v) is 8.54. The smallest absolute Gasteiger partial charge is 0.252 e. The maximum Gasteiger partial charge on any atom is 0.252 e. The van der Waals surface area contributed by atoms with E-state index in [1.165, 1.54) is 18.4 Å². The Kier molecular flexibility index (Phi) is 5.86. The van der Waals surface area contributed by atoms with Crippen molar-refractivity contribution in [1.29, 1.82) is 0 Å². The molecule has 0 spiro atoms. The van der Waals surface area contributed by atoms with Gasteiger partial charge in [0.25, 0.3) is 5.91 Å². The number of amides is 1. The largest absolute Gasteiger partial charge is 0.350 e. The highest BCUT2D eigenvalue weighted by Crippen LogP contribution is 2.27. The Morgan fingerprint density at radius 1 is 1.17 bits per heavy atom. The molecule has 1 saturated heterocycles. The van der Waals surface area contributed by atoms with Gasteiger partial charge in [-0.2, -0.15) is 5.10 Å². The van der Waals surface area contributed by atoms with E-state index in [0.29, 0.717) is 12.1 Å². The third-order valence-corrected chi connectivity index (χ3v) is 6.05. The number of fused-ring (bicyclic) bond motifs is 1. The van der Waals surface area contributed by atoms with Gasteiger partial charge < -0.3 is 5.32 Å². The molecule has 1 aromatic carbocycles. The molecule has 4 rings (SSSR count). The fourth-order valence-corrected chi connectivity index (χ4v) is 4.41. The van der Waals surface area contributed by atoms with Crippen LogP contribution < -0.4 is 5.32 Å². The van der Waals surface area contributed by atoms with Gasteiger partial charge in [-0.1, -0.05) is 44.2 Å². The highest BCUT2D eigenvalue weighted by Gasteiger charge is 2.25. The quantitative estimate of drug-likeness (QED) is 0.674. The first-order valence-electron chi connectivity index (χ1n) is 10.9. The summed E-state index contributed by atoms with van der Waals surface area (Å²) < 4.78 is 1.77. The Hall–Kier alpha value is -2.73. The van der Waals surface area contributed by atoms with Crippen LogP contribution in [-0.2, 0) is 7.05 Å². The molecule has 6 heteroatoms. The summed E-state index contributed by atoms with van der Waals surface area (Å²) in [7, 11) is 1.88. The molecule has 1 atom stereocenters. The van der Waals surface area contributed by atoms with Gasteiger partial charge in [-0.15, -0.1) is 0 Å². The summed E-state index contributed by atoms with van der Waals surface area (Å²) in [5.74, 6) is 0.179. The molecule has 0 unspecified atom stereocenters. The van der Waals surface area contributed by atoms with Crippen molar-refractivity contribution in [2.45, 2.75) is 45.6 Å². The van der Waals surface area contributed by atoms with Crippen molar-refractivity contribution < 1.29 is 4.79 Å². The summed E-state index contributed by atoms with van der Waals surface area (Å²) in [6, 6.07) is 12.6. The Morgan fingerprint density at radius 2 is 1.87 bits per heavy atom. The van der Waals surface area contributed by atoms with Crippen LogP contribution in [-0.4, -0.2) is 45.2 Å². The third-order valence-electron chi connectivity index (χ3n) is 6.05. The fourth-order valence-electron chi connectivity index (χ4n) is 4.41. The second kappa shape index (κ2) is 8.56. The number of carbonyl (C=O) groups is 1. The average Bonchev–Trinajstić information content (AvgIpc) is 3.37. The van der Waals surface area contributed by atoms with Crippen molar-refractivity contribution in [3.05, 3.63) is 58.9 Å². The topological polar surface area (TPSA) is 63.1 Å². The molecule has 0 radical (unpaired) electrons. The maximum absolute atomic E-state index is 13.4. The van der Waals surface area contributed by atoms with Gasteiger partial charge >= 0.3 is 0 Å². The Labute approximate surface area is 178 Å². The molecule has 6 nitrogen and oxygen atoms in total. The first-order chi connectivity index (χ1) is 14.5. The first-order valence-corrected chi connectivity index (χ1v) is 10.9. The number of aryl methyl sites for hydroxylation is 2. The van der Waals surface area contributed by atoms with E-state index in [1.807, 2.05) is 26.1 Å². The molecule has 30 heavy (non-hydrogen) atoms. The predicted octanol–water partition coefficient (Wildman–Crippen LogP) is 3.97. The molecular weight excluding hydrogens is 374 g/mol. The van der Waals surface area contributed by atoms with Crippen molar-refractivity contribution in [3.8, 4) is 0 Å². The van der Waals surface area contributed by atoms with Crippen molar-refractivity contribution in [3.63, 3.8) is 0 Å². The summed E-state index contributed by atoms with van der Waals surface area (Å²) >= 11 is 0. The second-order valence-electron chi connectivity index (χ2n) is 8.54. The van der Waals surface area contributed by atoms with E-state index >= 15 is 0 Å². The molecule has 3 aromatic rings. The van der Waals surface area contributed by atoms with E-state index in [2.05, 4.69) is 53.4 Å². The minimum atomic E-state index is -0.0551. The SMILES string of the molecule is Cc1nn(C)c2nc(C(C)C)cc(C(=O)NC[C@H](c3ccccc3)N3CCCC3)c12. The number of nitrogens with zero attached hydrogens (tertiary/aromatic N) is 4. The molecule has 1 aliphatic heterocycles. The number of carbonyl (C=O) groups excluding carboxylic acids is 1. The zero-order chi connectivity index (χ0) is 21.3. The molecule has 0 aliphatic carbocycles. The van der Waals surface area contributed by atoms with Crippen molar-refractivity contribution in [2.24, 2.45) is 7.05 Å². The highest BCUT2D eigenvalue weighted by molar-refractivity contribution is 6.06. The van der Waals surface area contributed by atoms with E-state index < -0.39 is 0 Å². The van der Waals surface area contributed by atoms with Crippen molar-refractivity contribution in [1.82, 2.24) is 25.0 Å². The standard InChI is InChI=1S/C24H31N5O/c1-16(2)20-14-19(22-17(3)27-28(4)23(22)26-20)24(30)25-15-21(29-12-8-9-13-29)18-10-6-5-7-11-18/h5-7,10-11,14,16,21H,8-9,12-13,15H2,1-4H3,(H,25,30)/t21-/m1/s1.